The molecule has 1 aromatic carbocycles. The minimum absolute atomic E-state index is 0.240. The number of carbonyl (C=O) groups excluding carboxylic acids is 2. The number of piperazine rings is 1. The fourth-order valence-electron chi connectivity index (χ4n) is 2.80. The van der Waals surface area contributed by atoms with Crippen molar-refractivity contribution in [3.63, 3.8) is 0 Å². The molecule has 1 saturated heterocycles. The van der Waals surface area contributed by atoms with Crippen molar-refractivity contribution in [2.75, 3.05) is 31.1 Å². The first-order chi connectivity index (χ1) is 11.7. The van der Waals surface area contributed by atoms with Crippen LogP contribution in [0.15, 0.2) is 30.3 Å². The molecule has 130 valence electrons. The van der Waals surface area contributed by atoms with Crippen LogP contribution in [0.2, 0.25) is 0 Å². The lowest BCUT2D eigenvalue weighted by atomic mass is 10.1. The summed E-state index contributed by atoms with van der Waals surface area (Å²) in [6, 6.07) is 7.79. The van der Waals surface area contributed by atoms with Crippen LogP contribution in [-0.4, -0.2) is 48.1 Å². The molecule has 0 radical (unpaired) electrons. The molecule has 0 unspecified atom stereocenters. The van der Waals surface area contributed by atoms with E-state index in [1.54, 1.807) is 11.6 Å². The van der Waals surface area contributed by atoms with E-state index in [0.717, 1.165) is 50.3 Å². The van der Waals surface area contributed by atoms with Crippen LogP contribution in [0.5, 0.6) is 0 Å². The maximum absolute atomic E-state index is 12.1. The van der Waals surface area contributed by atoms with Crippen molar-refractivity contribution >= 4 is 23.6 Å². The van der Waals surface area contributed by atoms with Gasteiger partial charge in [0.1, 0.15) is 0 Å². The topological polar surface area (TPSA) is 72.9 Å². The Bertz CT molecular complexity index is 593. The van der Waals surface area contributed by atoms with E-state index in [4.69, 9.17) is 5.21 Å². The number of rotatable bonds is 6. The van der Waals surface area contributed by atoms with Crippen LogP contribution in [-0.2, 0) is 9.59 Å². The molecule has 2 rings (SSSR count). The third-order valence-corrected chi connectivity index (χ3v) is 4.18. The Morgan fingerprint density at radius 2 is 1.92 bits per heavy atom. The lowest BCUT2D eigenvalue weighted by Gasteiger charge is -2.37. The molecular formula is C18H25N3O3. The van der Waals surface area contributed by atoms with Crippen molar-refractivity contribution in [2.45, 2.75) is 26.2 Å². The summed E-state index contributed by atoms with van der Waals surface area (Å²) in [5, 5.41) is 8.57. The summed E-state index contributed by atoms with van der Waals surface area (Å²) < 4.78 is 0. The van der Waals surface area contributed by atoms with Gasteiger partial charge in [-0.3, -0.25) is 14.8 Å². The molecule has 1 aliphatic rings. The van der Waals surface area contributed by atoms with E-state index in [-0.39, 0.29) is 5.91 Å². The van der Waals surface area contributed by atoms with Gasteiger partial charge in [0.05, 0.1) is 0 Å². The lowest BCUT2D eigenvalue weighted by molar-refractivity contribution is -0.131. The highest BCUT2D eigenvalue weighted by Gasteiger charge is 2.21. The fraction of sp³-hybridized carbons (Fsp3) is 0.444. The Kier molecular flexibility index (Phi) is 6.81. The summed E-state index contributed by atoms with van der Waals surface area (Å²) in [6.07, 6.45) is 5.58. The van der Waals surface area contributed by atoms with Crippen LogP contribution in [0.25, 0.3) is 6.08 Å². The maximum Gasteiger partial charge on any atom is 0.267 e. The molecule has 2 N–H and O–H groups in total. The molecule has 2 amide bonds. The molecule has 0 spiro atoms. The Hall–Kier alpha value is -2.34. The molecule has 0 bridgehead atoms. The fourth-order valence-corrected chi connectivity index (χ4v) is 2.80. The van der Waals surface area contributed by atoms with Gasteiger partial charge >= 0.3 is 0 Å². The zero-order valence-electron chi connectivity index (χ0n) is 14.1. The number of hydroxylamine groups is 1. The van der Waals surface area contributed by atoms with Gasteiger partial charge in [-0.25, -0.2) is 5.48 Å². The highest BCUT2D eigenvalue weighted by atomic mass is 16.5. The second-order valence-electron chi connectivity index (χ2n) is 5.84. The molecule has 0 saturated carbocycles. The van der Waals surface area contributed by atoms with E-state index < -0.39 is 5.91 Å². The van der Waals surface area contributed by atoms with E-state index in [1.165, 1.54) is 6.08 Å². The number of amides is 2. The number of hydrogen-bond donors (Lipinski definition) is 2. The molecule has 1 aliphatic heterocycles. The van der Waals surface area contributed by atoms with Crippen molar-refractivity contribution in [2.24, 2.45) is 0 Å². The summed E-state index contributed by atoms with van der Waals surface area (Å²) in [5.41, 5.74) is 3.52. The second-order valence-corrected chi connectivity index (χ2v) is 5.84. The Morgan fingerprint density at radius 1 is 1.21 bits per heavy atom. The lowest BCUT2D eigenvalue weighted by Crippen LogP contribution is -2.48. The first-order valence-corrected chi connectivity index (χ1v) is 8.39. The Labute approximate surface area is 142 Å². The monoisotopic (exact) mass is 331 g/mol. The molecule has 6 heteroatoms. The SMILES string of the molecule is CCCCC(=O)N1CCN(c2ccccc2/C=C/C(=O)NO)CC1. The summed E-state index contributed by atoms with van der Waals surface area (Å²) in [6.45, 7) is 5.08. The van der Waals surface area contributed by atoms with Gasteiger partial charge in [-0.05, 0) is 24.1 Å². The first kappa shape index (κ1) is 18.0. The van der Waals surface area contributed by atoms with E-state index in [9.17, 15) is 9.59 Å². The molecule has 0 aromatic heterocycles. The Morgan fingerprint density at radius 3 is 2.58 bits per heavy atom. The minimum Gasteiger partial charge on any atom is -0.367 e. The van der Waals surface area contributed by atoms with Gasteiger partial charge < -0.3 is 9.80 Å². The summed E-state index contributed by atoms with van der Waals surface area (Å²) >= 11 is 0. The predicted octanol–water partition coefficient (Wildman–Crippen LogP) is 2.04. The van der Waals surface area contributed by atoms with Gasteiger partial charge in [0.25, 0.3) is 5.91 Å². The summed E-state index contributed by atoms with van der Waals surface area (Å²) in [7, 11) is 0. The van der Waals surface area contributed by atoms with Gasteiger partial charge in [0.15, 0.2) is 0 Å². The quantitative estimate of drug-likeness (QED) is 0.475. The van der Waals surface area contributed by atoms with E-state index in [0.29, 0.717) is 6.42 Å². The standard InChI is InChI=1S/C18H25N3O3/c1-2-3-8-18(23)21-13-11-20(12-14-21)16-7-5-4-6-15(16)9-10-17(22)19-24/h4-7,9-10,24H,2-3,8,11-14H2,1H3,(H,19,22)/b10-9+. The number of benzene rings is 1. The van der Waals surface area contributed by atoms with Crippen LogP contribution in [0.3, 0.4) is 0 Å². The highest BCUT2D eigenvalue weighted by molar-refractivity contribution is 5.91. The van der Waals surface area contributed by atoms with Crippen molar-refractivity contribution in [1.82, 2.24) is 10.4 Å². The summed E-state index contributed by atoms with van der Waals surface area (Å²) in [5.74, 6) is -0.319. The molecule has 24 heavy (non-hydrogen) atoms. The van der Waals surface area contributed by atoms with Crippen molar-refractivity contribution in [3.8, 4) is 0 Å². The number of para-hydroxylation sites is 1. The molecule has 1 fully saturated rings. The van der Waals surface area contributed by atoms with E-state index in [2.05, 4.69) is 11.8 Å². The zero-order valence-corrected chi connectivity index (χ0v) is 14.1. The molecule has 0 aliphatic carbocycles. The number of nitrogens with zero attached hydrogens (tertiary/aromatic N) is 2. The molecule has 6 nitrogen and oxygen atoms in total. The van der Waals surface area contributed by atoms with Crippen LogP contribution < -0.4 is 10.4 Å². The number of unbranched alkanes of at least 4 members (excludes halogenated alkanes) is 1. The zero-order chi connectivity index (χ0) is 17.4. The third-order valence-electron chi connectivity index (χ3n) is 4.18. The minimum atomic E-state index is -0.559. The summed E-state index contributed by atoms with van der Waals surface area (Å²) in [4.78, 5) is 27.4. The molecule has 1 heterocycles. The largest absolute Gasteiger partial charge is 0.367 e. The van der Waals surface area contributed by atoms with Gasteiger partial charge in [-0.1, -0.05) is 31.5 Å². The Balaban J connectivity index is 2.00. The maximum atomic E-state index is 12.1. The van der Waals surface area contributed by atoms with Crippen molar-refractivity contribution < 1.29 is 14.8 Å². The molecule has 0 atom stereocenters. The number of carbonyl (C=O) groups is 2. The predicted molar refractivity (Wildman–Crippen MR) is 93.7 cm³/mol. The van der Waals surface area contributed by atoms with Gasteiger partial charge in [0.2, 0.25) is 5.91 Å². The number of anilines is 1. The normalized spacial score (nSPS) is 14.9. The van der Waals surface area contributed by atoms with Crippen LogP contribution >= 0.6 is 0 Å². The number of nitrogens with one attached hydrogen (secondary N) is 1. The second kappa shape index (κ2) is 9.08. The van der Waals surface area contributed by atoms with E-state index in [1.807, 2.05) is 29.2 Å². The molecular weight excluding hydrogens is 306 g/mol. The molecule has 1 aromatic rings. The van der Waals surface area contributed by atoms with Crippen LogP contribution in [0, 0.1) is 0 Å². The highest BCUT2D eigenvalue weighted by Crippen LogP contribution is 2.23. The van der Waals surface area contributed by atoms with Crippen LogP contribution in [0.1, 0.15) is 31.7 Å². The van der Waals surface area contributed by atoms with Gasteiger partial charge in [-0.15, -0.1) is 0 Å². The average Bonchev–Trinajstić information content (AvgIpc) is 2.64. The van der Waals surface area contributed by atoms with Crippen molar-refractivity contribution in [1.29, 1.82) is 0 Å². The number of hydrogen-bond acceptors (Lipinski definition) is 4. The first-order valence-electron chi connectivity index (χ1n) is 8.39. The average molecular weight is 331 g/mol. The third kappa shape index (κ3) is 4.83. The van der Waals surface area contributed by atoms with Gasteiger partial charge in [-0.2, -0.15) is 0 Å². The van der Waals surface area contributed by atoms with E-state index >= 15 is 0 Å². The smallest absolute Gasteiger partial charge is 0.267 e. The van der Waals surface area contributed by atoms with Gasteiger partial charge in [0, 0.05) is 44.4 Å². The van der Waals surface area contributed by atoms with Crippen molar-refractivity contribution in [3.05, 3.63) is 35.9 Å². The van der Waals surface area contributed by atoms with Crippen LogP contribution in [0.4, 0.5) is 5.69 Å².